The Morgan fingerprint density at radius 3 is 1.44 bits per heavy atom. The van der Waals surface area contributed by atoms with E-state index in [-0.39, 0.29) is 38.4 Å². The van der Waals surface area contributed by atoms with Crippen LogP contribution in [0.3, 0.4) is 0 Å². The fourth-order valence-corrected chi connectivity index (χ4v) is 6.21. The third kappa shape index (κ3) is 14.9. The third-order valence-electron chi connectivity index (χ3n) is 9.12. The van der Waals surface area contributed by atoms with Gasteiger partial charge in [-0.25, -0.2) is 0 Å². The molecule has 8 nitrogen and oxygen atoms in total. The van der Waals surface area contributed by atoms with Crippen LogP contribution in [0.1, 0.15) is 130 Å². The highest BCUT2D eigenvalue weighted by Crippen LogP contribution is 2.43. The van der Waals surface area contributed by atoms with Gasteiger partial charge in [-0.3, -0.25) is 9.59 Å². The number of fused-ring (bicyclic) bond motifs is 2. The molecule has 3 rings (SSSR count). The normalized spacial score (nSPS) is 12.6. The van der Waals surface area contributed by atoms with E-state index in [2.05, 4.69) is 39.0 Å². The molecular formula is C44H66O8. The number of hydrogen-bond acceptors (Lipinski definition) is 8. The minimum absolute atomic E-state index is 0.158. The van der Waals surface area contributed by atoms with Crippen LogP contribution in [0.5, 0.6) is 11.5 Å². The van der Waals surface area contributed by atoms with Crippen LogP contribution in [0.4, 0.5) is 0 Å². The molecule has 0 aliphatic carbocycles. The highest BCUT2D eigenvalue weighted by molar-refractivity contribution is 6.11. The third-order valence-corrected chi connectivity index (χ3v) is 9.12. The number of rotatable bonds is 29. The van der Waals surface area contributed by atoms with E-state index in [1.807, 2.05) is 38.1 Å². The van der Waals surface area contributed by atoms with Gasteiger partial charge in [0.2, 0.25) is 0 Å². The van der Waals surface area contributed by atoms with Gasteiger partial charge in [0.25, 0.3) is 0 Å². The summed E-state index contributed by atoms with van der Waals surface area (Å²) in [6.45, 7) is 12.6. The van der Waals surface area contributed by atoms with Gasteiger partial charge < -0.3 is 28.4 Å². The summed E-state index contributed by atoms with van der Waals surface area (Å²) in [7, 11) is 0. The fourth-order valence-electron chi connectivity index (χ4n) is 6.21. The van der Waals surface area contributed by atoms with Gasteiger partial charge in [0.05, 0.1) is 13.2 Å². The van der Waals surface area contributed by atoms with Gasteiger partial charge in [0.1, 0.15) is 24.7 Å². The molecule has 0 aliphatic heterocycles. The fraction of sp³-hybridized carbons (Fsp3) is 0.636. The Balaban J connectivity index is 1.87. The summed E-state index contributed by atoms with van der Waals surface area (Å²) < 4.78 is 37.0. The standard InChI is InChI=1S/C44H66O8/c1-6-11-13-15-19-27-47-30-35(51-41(45)21-8-3)32-49-43-37-23-17-18-24-38(37)44(40-29-34(10-5)25-26-39(40)43)50-33-36(52-42(46)22-9-4)31-48-28-20-16-14-12-7-2/h17-18,23-26,29,35-36H,6-16,19-22,27-28,30-33H2,1-5H3. The first-order valence-corrected chi connectivity index (χ1v) is 20.2. The number of benzene rings is 3. The second-order valence-electron chi connectivity index (χ2n) is 13.8. The van der Waals surface area contributed by atoms with Gasteiger partial charge in [-0.2, -0.15) is 0 Å². The van der Waals surface area contributed by atoms with Crippen LogP contribution < -0.4 is 9.47 Å². The molecule has 290 valence electrons. The van der Waals surface area contributed by atoms with Gasteiger partial charge in [0.15, 0.2) is 12.2 Å². The molecule has 0 heterocycles. The zero-order chi connectivity index (χ0) is 37.4. The molecule has 0 amide bonds. The van der Waals surface area contributed by atoms with E-state index in [4.69, 9.17) is 28.4 Å². The van der Waals surface area contributed by atoms with Crippen molar-refractivity contribution in [1.82, 2.24) is 0 Å². The van der Waals surface area contributed by atoms with Crippen molar-refractivity contribution in [1.29, 1.82) is 0 Å². The summed E-state index contributed by atoms with van der Waals surface area (Å²) in [6, 6.07) is 14.4. The zero-order valence-corrected chi connectivity index (χ0v) is 32.8. The Labute approximate surface area is 313 Å². The van der Waals surface area contributed by atoms with Gasteiger partial charge in [-0.15, -0.1) is 0 Å². The van der Waals surface area contributed by atoms with Crippen LogP contribution in [-0.2, 0) is 35.0 Å². The van der Waals surface area contributed by atoms with E-state index < -0.39 is 12.2 Å². The number of carbonyl (C=O) groups excluding carboxylic acids is 2. The van der Waals surface area contributed by atoms with Gasteiger partial charge in [-0.05, 0) is 43.7 Å². The molecule has 0 aliphatic rings. The van der Waals surface area contributed by atoms with E-state index in [1.54, 1.807) is 0 Å². The number of hydrogen-bond donors (Lipinski definition) is 0. The number of unbranched alkanes of at least 4 members (excludes halogenated alkanes) is 8. The highest BCUT2D eigenvalue weighted by atomic mass is 16.6. The molecule has 2 unspecified atom stereocenters. The van der Waals surface area contributed by atoms with E-state index in [1.165, 1.54) is 38.5 Å². The molecule has 3 aromatic carbocycles. The molecule has 0 bridgehead atoms. The maximum atomic E-state index is 12.6. The van der Waals surface area contributed by atoms with Crippen molar-refractivity contribution in [3.8, 4) is 11.5 Å². The predicted molar refractivity (Wildman–Crippen MR) is 211 cm³/mol. The second-order valence-corrected chi connectivity index (χ2v) is 13.8. The monoisotopic (exact) mass is 722 g/mol. The lowest BCUT2D eigenvalue weighted by atomic mass is 9.98. The van der Waals surface area contributed by atoms with Crippen molar-refractivity contribution in [2.45, 2.75) is 143 Å². The number of ether oxygens (including phenoxy) is 6. The van der Waals surface area contributed by atoms with Crippen LogP contribution in [0.2, 0.25) is 0 Å². The molecule has 0 fully saturated rings. The predicted octanol–water partition coefficient (Wildman–Crippen LogP) is 10.7. The molecule has 0 saturated heterocycles. The minimum Gasteiger partial charge on any atom is -0.488 e. The largest absolute Gasteiger partial charge is 0.488 e. The first-order chi connectivity index (χ1) is 25.4. The molecule has 3 aromatic rings. The van der Waals surface area contributed by atoms with E-state index in [0.717, 1.165) is 59.2 Å². The topological polar surface area (TPSA) is 89.5 Å². The summed E-state index contributed by atoms with van der Waals surface area (Å²) >= 11 is 0. The van der Waals surface area contributed by atoms with Crippen molar-refractivity contribution < 1.29 is 38.0 Å². The van der Waals surface area contributed by atoms with Crippen LogP contribution >= 0.6 is 0 Å². The Kier molecular flexibility index (Phi) is 21.2. The average molecular weight is 723 g/mol. The zero-order valence-electron chi connectivity index (χ0n) is 32.8. The maximum Gasteiger partial charge on any atom is 0.306 e. The Morgan fingerprint density at radius 1 is 0.519 bits per heavy atom. The van der Waals surface area contributed by atoms with Crippen LogP contribution in [0, 0.1) is 0 Å². The first kappa shape index (κ1) is 43.0. The molecule has 0 radical (unpaired) electrons. The SMILES string of the molecule is CCCCCCCOCC(COc1c2ccccc2c(OCC(COCCCCCCC)OC(=O)CCC)c2cc(CC)ccc12)OC(=O)CCC. The van der Waals surface area contributed by atoms with Crippen molar-refractivity contribution in [2.24, 2.45) is 0 Å². The van der Waals surface area contributed by atoms with Crippen LogP contribution in [0.25, 0.3) is 21.5 Å². The summed E-state index contributed by atoms with van der Waals surface area (Å²) in [4.78, 5) is 25.2. The smallest absolute Gasteiger partial charge is 0.306 e. The van der Waals surface area contributed by atoms with Crippen molar-refractivity contribution in [3.05, 3.63) is 48.0 Å². The Morgan fingerprint density at radius 2 is 0.981 bits per heavy atom. The quantitative estimate of drug-likeness (QED) is 0.0397. The average Bonchev–Trinajstić information content (AvgIpc) is 3.14. The molecule has 2 atom stereocenters. The molecule has 0 N–H and O–H groups in total. The molecule has 0 aromatic heterocycles. The van der Waals surface area contributed by atoms with Crippen LogP contribution in [0.15, 0.2) is 42.5 Å². The van der Waals surface area contributed by atoms with Gasteiger partial charge in [-0.1, -0.05) is 122 Å². The molecule has 52 heavy (non-hydrogen) atoms. The van der Waals surface area contributed by atoms with Crippen molar-refractivity contribution in [3.63, 3.8) is 0 Å². The maximum absolute atomic E-state index is 12.6. The minimum atomic E-state index is -0.543. The van der Waals surface area contributed by atoms with Crippen molar-refractivity contribution >= 4 is 33.5 Å². The van der Waals surface area contributed by atoms with E-state index in [9.17, 15) is 9.59 Å². The first-order valence-electron chi connectivity index (χ1n) is 20.2. The highest BCUT2D eigenvalue weighted by Gasteiger charge is 2.22. The molecule has 0 spiro atoms. The Bertz CT molecular complexity index is 1450. The van der Waals surface area contributed by atoms with E-state index in [0.29, 0.717) is 50.4 Å². The number of esters is 2. The van der Waals surface area contributed by atoms with Crippen molar-refractivity contribution in [2.75, 3.05) is 39.6 Å². The summed E-state index contributed by atoms with van der Waals surface area (Å²) in [6.07, 6.45) is 13.4. The van der Waals surface area contributed by atoms with E-state index >= 15 is 0 Å². The lowest BCUT2D eigenvalue weighted by Gasteiger charge is -2.23. The molecule has 8 heteroatoms. The summed E-state index contributed by atoms with van der Waals surface area (Å²) in [5.74, 6) is 0.920. The molecular weight excluding hydrogens is 656 g/mol. The lowest BCUT2D eigenvalue weighted by Crippen LogP contribution is -2.30. The van der Waals surface area contributed by atoms with Gasteiger partial charge >= 0.3 is 11.9 Å². The summed E-state index contributed by atoms with van der Waals surface area (Å²) in [5, 5.41) is 3.57. The number of carbonyl (C=O) groups is 2. The molecule has 0 saturated carbocycles. The lowest BCUT2D eigenvalue weighted by molar-refractivity contribution is -0.155. The number of aryl methyl sites for hydroxylation is 1. The van der Waals surface area contributed by atoms with Crippen LogP contribution in [-0.4, -0.2) is 63.8 Å². The Hall–Kier alpha value is -3.36. The second kappa shape index (κ2) is 25.6. The summed E-state index contributed by atoms with van der Waals surface area (Å²) in [5.41, 5.74) is 1.16. The van der Waals surface area contributed by atoms with Gasteiger partial charge in [0, 0.05) is 47.6 Å².